The van der Waals surface area contributed by atoms with Crippen LogP contribution in [-0.4, -0.2) is 53.8 Å². The molecule has 1 aliphatic heterocycles. The summed E-state index contributed by atoms with van der Waals surface area (Å²) in [5.41, 5.74) is 3.84. The Labute approximate surface area is 171 Å². The Kier molecular flexibility index (Phi) is 5.72. The maximum atomic E-state index is 12.2. The molecule has 2 aromatic carbocycles. The fourth-order valence-electron chi connectivity index (χ4n) is 3.32. The molecule has 1 fully saturated rings. The van der Waals surface area contributed by atoms with E-state index < -0.39 is 0 Å². The largest absolute Gasteiger partial charge is 0.369 e. The van der Waals surface area contributed by atoms with Gasteiger partial charge in [0.15, 0.2) is 0 Å². The van der Waals surface area contributed by atoms with Crippen molar-refractivity contribution in [3.05, 3.63) is 78.6 Å². The van der Waals surface area contributed by atoms with Gasteiger partial charge in [0.1, 0.15) is 0 Å². The zero-order valence-corrected chi connectivity index (χ0v) is 16.5. The molecule has 0 bridgehead atoms. The van der Waals surface area contributed by atoms with Crippen molar-refractivity contribution in [2.45, 2.75) is 0 Å². The van der Waals surface area contributed by atoms with Crippen molar-refractivity contribution in [1.29, 1.82) is 0 Å². The summed E-state index contributed by atoms with van der Waals surface area (Å²) in [6.07, 6.45) is 6.92. The van der Waals surface area contributed by atoms with Crippen molar-refractivity contribution in [1.82, 2.24) is 14.7 Å². The average molecular weight is 387 g/mol. The molecule has 0 spiro atoms. The third-order valence-corrected chi connectivity index (χ3v) is 5.05. The van der Waals surface area contributed by atoms with Crippen molar-refractivity contribution in [3.63, 3.8) is 0 Å². The third-order valence-electron chi connectivity index (χ3n) is 5.05. The summed E-state index contributed by atoms with van der Waals surface area (Å²) in [6.45, 7) is 4.21. The zero-order chi connectivity index (χ0) is 20.1. The predicted molar refractivity (Wildman–Crippen MR) is 117 cm³/mol. The lowest BCUT2D eigenvalue weighted by Crippen LogP contribution is -2.44. The molecule has 0 saturated carbocycles. The number of nitrogens with one attached hydrogen (secondary N) is 1. The molecule has 1 saturated heterocycles. The van der Waals surface area contributed by atoms with E-state index in [0.29, 0.717) is 0 Å². The highest BCUT2D eigenvalue weighted by molar-refractivity contribution is 6.01. The SMILES string of the molecule is CN1CCN(c2ccc(NC(=O)C=Cc3cnn(-c4ccccc4)c3)cc2)CC1. The standard InChI is InChI=1S/C23H25N5O/c1-26-13-15-27(16-14-26)21-10-8-20(9-11-21)25-23(29)12-7-19-17-24-28(18-19)22-5-3-2-4-6-22/h2-12,17-18H,13-16H2,1H3,(H,25,29). The van der Waals surface area contributed by atoms with Crippen LogP contribution in [0.15, 0.2) is 73.1 Å². The van der Waals surface area contributed by atoms with Gasteiger partial charge in [0.05, 0.1) is 11.9 Å². The second-order valence-corrected chi connectivity index (χ2v) is 7.21. The summed E-state index contributed by atoms with van der Waals surface area (Å²) >= 11 is 0. The van der Waals surface area contributed by atoms with Crippen LogP contribution < -0.4 is 10.2 Å². The normalized spacial score (nSPS) is 15.0. The van der Waals surface area contributed by atoms with E-state index in [2.05, 4.69) is 39.4 Å². The molecule has 1 N–H and O–H groups in total. The van der Waals surface area contributed by atoms with Crippen LogP contribution >= 0.6 is 0 Å². The van der Waals surface area contributed by atoms with Crippen LogP contribution in [0.3, 0.4) is 0 Å². The van der Waals surface area contributed by atoms with Gasteiger partial charge in [-0.3, -0.25) is 4.79 Å². The molecule has 0 atom stereocenters. The van der Waals surface area contributed by atoms with Gasteiger partial charge in [-0.1, -0.05) is 18.2 Å². The number of nitrogens with zero attached hydrogens (tertiary/aromatic N) is 4. The Morgan fingerprint density at radius 2 is 1.69 bits per heavy atom. The van der Waals surface area contributed by atoms with Crippen molar-refractivity contribution < 1.29 is 4.79 Å². The van der Waals surface area contributed by atoms with Crippen molar-refractivity contribution in [2.75, 3.05) is 43.4 Å². The van der Waals surface area contributed by atoms with Crippen LogP contribution in [0.5, 0.6) is 0 Å². The van der Waals surface area contributed by atoms with Crippen LogP contribution in [0.25, 0.3) is 11.8 Å². The smallest absolute Gasteiger partial charge is 0.248 e. The fraction of sp³-hybridized carbons (Fsp3) is 0.217. The number of carbonyl (C=O) groups excluding carboxylic acids is 1. The first kappa shape index (κ1) is 19.0. The summed E-state index contributed by atoms with van der Waals surface area (Å²) in [6, 6.07) is 17.9. The number of benzene rings is 2. The minimum Gasteiger partial charge on any atom is -0.369 e. The number of carbonyl (C=O) groups is 1. The van der Waals surface area contributed by atoms with Crippen molar-refractivity contribution in [2.24, 2.45) is 0 Å². The molecule has 1 aromatic heterocycles. The van der Waals surface area contributed by atoms with Gasteiger partial charge < -0.3 is 15.1 Å². The van der Waals surface area contributed by atoms with Gasteiger partial charge in [-0.05, 0) is 49.5 Å². The monoisotopic (exact) mass is 387 g/mol. The van der Waals surface area contributed by atoms with E-state index >= 15 is 0 Å². The maximum Gasteiger partial charge on any atom is 0.248 e. The number of rotatable bonds is 5. The number of anilines is 2. The van der Waals surface area contributed by atoms with Crippen LogP contribution in [0.1, 0.15) is 5.56 Å². The number of likely N-dealkylation sites (N-methyl/N-ethyl adjacent to an activating group) is 1. The first-order chi connectivity index (χ1) is 14.2. The molecule has 6 heteroatoms. The van der Waals surface area contributed by atoms with E-state index in [4.69, 9.17) is 0 Å². The molecule has 148 valence electrons. The van der Waals surface area contributed by atoms with Crippen molar-refractivity contribution >= 4 is 23.4 Å². The van der Waals surface area contributed by atoms with Gasteiger partial charge in [0, 0.05) is 55.4 Å². The Balaban J connectivity index is 1.33. The van der Waals surface area contributed by atoms with Crippen LogP contribution in [0, 0.1) is 0 Å². The Bertz CT molecular complexity index is 970. The van der Waals surface area contributed by atoms with Crippen LogP contribution in [0.4, 0.5) is 11.4 Å². The molecule has 1 aliphatic rings. The second-order valence-electron chi connectivity index (χ2n) is 7.21. The van der Waals surface area contributed by atoms with Gasteiger partial charge in [0.2, 0.25) is 5.91 Å². The Morgan fingerprint density at radius 3 is 2.41 bits per heavy atom. The van der Waals surface area contributed by atoms with E-state index in [0.717, 1.165) is 43.1 Å². The molecule has 0 unspecified atom stereocenters. The minimum atomic E-state index is -0.162. The summed E-state index contributed by atoms with van der Waals surface area (Å²) in [5.74, 6) is -0.162. The van der Waals surface area contributed by atoms with E-state index in [1.165, 1.54) is 11.8 Å². The lowest BCUT2D eigenvalue weighted by Gasteiger charge is -2.34. The molecule has 0 aliphatic carbocycles. The van der Waals surface area contributed by atoms with Crippen molar-refractivity contribution in [3.8, 4) is 5.69 Å². The first-order valence-corrected chi connectivity index (χ1v) is 9.80. The lowest BCUT2D eigenvalue weighted by atomic mass is 10.2. The number of aromatic nitrogens is 2. The van der Waals surface area contributed by atoms with Gasteiger partial charge in [-0.15, -0.1) is 0 Å². The lowest BCUT2D eigenvalue weighted by molar-refractivity contribution is -0.111. The second kappa shape index (κ2) is 8.75. The number of hydrogen-bond acceptors (Lipinski definition) is 4. The number of hydrogen-bond donors (Lipinski definition) is 1. The highest BCUT2D eigenvalue weighted by atomic mass is 16.1. The molecule has 1 amide bonds. The fourth-order valence-corrected chi connectivity index (χ4v) is 3.32. The first-order valence-electron chi connectivity index (χ1n) is 9.80. The van der Waals surface area contributed by atoms with E-state index in [1.54, 1.807) is 17.0 Å². The van der Waals surface area contributed by atoms with Gasteiger partial charge in [-0.2, -0.15) is 5.10 Å². The maximum absolute atomic E-state index is 12.2. The topological polar surface area (TPSA) is 53.4 Å². The van der Waals surface area contributed by atoms with Gasteiger partial charge in [-0.25, -0.2) is 4.68 Å². The van der Waals surface area contributed by atoms with Crippen LogP contribution in [-0.2, 0) is 4.79 Å². The summed E-state index contributed by atoms with van der Waals surface area (Å²) in [5, 5.41) is 7.24. The average Bonchev–Trinajstić information content (AvgIpc) is 3.23. The van der Waals surface area contributed by atoms with E-state index in [-0.39, 0.29) is 5.91 Å². The van der Waals surface area contributed by atoms with E-state index in [1.807, 2.05) is 48.7 Å². The molecule has 3 aromatic rings. The molecule has 0 radical (unpaired) electrons. The molecule has 4 rings (SSSR count). The highest BCUT2D eigenvalue weighted by Crippen LogP contribution is 2.19. The molecular weight excluding hydrogens is 362 g/mol. The number of para-hydroxylation sites is 1. The van der Waals surface area contributed by atoms with E-state index in [9.17, 15) is 4.79 Å². The van der Waals surface area contributed by atoms with Gasteiger partial charge >= 0.3 is 0 Å². The van der Waals surface area contributed by atoms with Gasteiger partial charge in [0.25, 0.3) is 0 Å². The van der Waals surface area contributed by atoms with Crippen LogP contribution in [0.2, 0.25) is 0 Å². The molecule has 2 heterocycles. The Morgan fingerprint density at radius 1 is 0.966 bits per heavy atom. The number of amides is 1. The predicted octanol–water partition coefficient (Wildman–Crippen LogP) is 3.28. The minimum absolute atomic E-state index is 0.162. The summed E-state index contributed by atoms with van der Waals surface area (Å²) in [4.78, 5) is 16.9. The molecule has 6 nitrogen and oxygen atoms in total. The zero-order valence-electron chi connectivity index (χ0n) is 16.5. The quantitative estimate of drug-likeness (QED) is 0.683. The number of piperazine rings is 1. The Hall–Kier alpha value is -3.38. The third kappa shape index (κ3) is 4.92. The molecule has 29 heavy (non-hydrogen) atoms. The highest BCUT2D eigenvalue weighted by Gasteiger charge is 2.14. The summed E-state index contributed by atoms with van der Waals surface area (Å²) < 4.78 is 1.79. The molecular formula is C23H25N5O. The summed E-state index contributed by atoms with van der Waals surface area (Å²) in [7, 11) is 2.15.